The van der Waals surface area contributed by atoms with Crippen molar-refractivity contribution in [2.75, 3.05) is 17.5 Å². The lowest BCUT2D eigenvalue weighted by molar-refractivity contribution is -0.118. The second kappa shape index (κ2) is 8.44. The van der Waals surface area contributed by atoms with E-state index < -0.39 is 10.0 Å². The first-order valence-electron chi connectivity index (χ1n) is 8.24. The summed E-state index contributed by atoms with van der Waals surface area (Å²) in [7, 11) is -2.11. The number of nitrogens with one attached hydrogen (secondary N) is 2. The second-order valence-corrected chi connectivity index (χ2v) is 8.44. The van der Waals surface area contributed by atoms with E-state index >= 15 is 0 Å². The fourth-order valence-electron chi connectivity index (χ4n) is 2.20. The summed E-state index contributed by atoms with van der Waals surface area (Å²) >= 11 is 1.13. The largest absolute Gasteiger partial charge is 0.411 e. The molecule has 10 heteroatoms. The summed E-state index contributed by atoms with van der Waals surface area (Å²) in [4.78, 5) is 11.4. The van der Waals surface area contributed by atoms with Crippen molar-refractivity contribution < 1.29 is 17.6 Å². The van der Waals surface area contributed by atoms with Gasteiger partial charge in [0.2, 0.25) is 11.8 Å². The normalized spacial score (nSPS) is 11.2. The fraction of sp³-hybridized carbons (Fsp3) is 0.167. The first kappa shape index (κ1) is 19.9. The van der Waals surface area contributed by atoms with Crippen LogP contribution in [0.4, 0.5) is 5.69 Å². The standard InChI is InChI=1S/C18H18N4O4S2/c1-12-3-9-15(10-4-12)28(24,25)22-14-7-5-13(6-8-14)17-20-21-18(26-17)27-11-16(23)19-2/h3-10,22H,11H2,1-2H3,(H,19,23). The maximum atomic E-state index is 12.4. The molecule has 0 aliphatic carbocycles. The van der Waals surface area contributed by atoms with Gasteiger partial charge in [0.05, 0.1) is 10.6 Å². The van der Waals surface area contributed by atoms with E-state index in [-0.39, 0.29) is 27.7 Å². The molecule has 3 aromatic rings. The summed E-state index contributed by atoms with van der Waals surface area (Å²) in [6.07, 6.45) is 0. The lowest BCUT2D eigenvalue weighted by Crippen LogP contribution is -2.19. The quantitative estimate of drug-likeness (QED) is 0.567. The first-order valence-corrected chi connectivity index (χ1v) is 10.7. The summed E-state index contributed by atoms with van der Waals surface area (Å²) in [5.41, 5.74) is 2.03. The molecule has 0 unspecified atom stereocenters. The van der Waals surface area contributed by atoms with Crippen molar-refractivity contribution in [3.8, 4) is 11.5 Å². The molecule has 0 aliphatic heterocycles. The molecule has 0 saturated heterocycles. The molecule has 146 valence electrons. The van der Waals surface area contributed by atoms with Gasteiger partial charge in [-0.15, -0.1) is 10.2 Å². The molecular formula is C18H18N4O4S2. The number of thioether (sulfide) groups is 1. The monoisotopic (exact) mass is 418 g/mol. The van der Waals surface area contributed by atoms with Crippen molar-refractivity contribution in [3.63, 3.8) is 0 Å². The smallest absolute Gasteiger partial charge is 0.277 e. The molecule has 0 spiro atoms. The molecule has 1 heterocycles. The minimum Gasteiger partial charge on any atom is -0.411 e. The summed E-state index contributed by atoms with van der Waals surface area (Å²) in [6, 6.07) is 13.2. The maximum absolute atomic E-state index is 12.4. The lowest BCUT2D eigenvalue weighted by atomic mass is 10.2. The number of carbonyl (C=O) groups is 1. The molecule has 1 aromatic heterocycles. The van der Waals surface area contributed by atoms with E-state index in [1.807, 2.05) is 6.92 Å². The summed E-state index contributed by atoms with van der Waals surface area (Å²) in [6.45, 7) is 1.89. The SMILES string of the molecule is CNC(=O)CSc1nnc(-c2ccc(NS(=O)(=O)c3ccc(C)cc3)cc2)o1. The van der Waals surface area contributed by atoms with Gasteiger partial charge in [-0.05, 0) is 43.3 Å². The van der Waals surface area contributed by atoms with Gasteiger partial charge in [-0.2, -0.15) is 0 Å². The van der Waals surface area contributed by atoms with Gasteiger partial charge in [-0.1, -0.05) is 29.5 Å². The molecule has 0 atom stereocenters. The number of hydrogen-bond acceptors (Lipinski definition) is 7. The third-order valence-corrected chi connectivity index (χ3v) is 5.94. The van der Waals surface area contributed by atoms with Crippen molar-refractivity contribution in [1.29, 1.82) is 0 Å². The van der Waals surface area contributed by atoms with E-state index in [1.165, 1.54) is 0 Å². The predicted molar refractivity (Wildman–Crippen MR) is 107 cm³/mol. The number of anilines is 1. The van der Waals surface area contributed by atoms with Gasteiger partial charge in [0, 0.05) is 18.3 Å². The van der Waals surface area contributed by atoms with E-state index in [1.54, 1.807) is 55.6 Å². The van der Waals surface area contributed by atoms with Gasteiger partial charge in [-0.25, -0.2) is 8.42 Å². The van der Waals surface area contributed by atoms with Crippen LogP contribution in [-0.2, 0) is 14.8 Å². The number of aryl methyl sites for hydroxylation is 1. The molecule has 8 nitrogen and oxygen atoms in total. The Morgan fingerprint density at radius 1 is 1.07 bits per heavy atom. The minimum absolute atomic E-state index is 0.144. The van der Waals surface area contributed by atoms with Crippen LogP contribution in [0.5, 0.6) is 0 Å². The highest BCUT2D eigenvalue weighted by atomic mass is 32.2. The highest BCUT2D eigenvalue weighted by Gasteiger charge is 2.15. The van der Waals surface area contributed by atoms with E-state index in [0.717, 1.165) is 17.3 Å². The highest BCUT2D eigenvalue weighted by molar-refractivity contribution is 7.99. The Balaban J connectivity index is 1.69. The van der Waals surface area contributed by atoms with Gasteiger partial charge in [0.25, 0.3) is 15.2 Å². The number of nitrogens with zero attached hydrogens (tertiary/aromatic N) is 2. The molecule has 2 aromatic carbocycles. The zero-order valence-electron chi connectivity index (χ0n) is 15.2. The van der Waals surface area contributed by atoms with Crippen molar-refractivity contribution >= 4 is 33.4 Å². The molecule has 28 heavy (non-hydrogen) atoms. The van der Waals surface area contributed by atoms with Crippen LogP contribution in [0.3, 0.4) is 0 Å². The maximum Gasteiger partial charge on any atom is 0.277 e. The Morgan fingerprint density at radius 3 is 2.39 bits per heavy atom. The van der Waals surface area contributed by atoms with Crippen molar-refractivity contribution in [1.82, 2.24) is 15.5 Å². The molecule has 0 radical (unpaired) electrons. The second-order valence-electron chi connectivity index (χ2n) is 5.83. The summed E-state index contributed by atoms with van der Waals surface area (Å²) in [5, 5.41) is 10.6. The van der Waals surface area contributed by atoms with Crippen molar-refractivity contribution in [2.45, 2.75) is 17.0 Å². The van der Waals surface area contributed by atoms with Crippen LogP contribution >= 0.6 is 11.8 Å². The molecule has 0 fully saturated rings. The zero-order chi connectivity index (χ0) is 20.1. The number of benzene rings is 2. The van der Waals surface area contributed by atoms with Gasteiger partial charge in [0.15, 0.2) is 0 Å². The lowest BCUT2D eigenvalue weighted by Gasteiger charge is -2.08. The Bertz CT molecular complexity index is 1060. The number of hydrogen-bond donors (Lipinski definition) is 2. The average molecular weight is 419 g/mol. The van der Waals surface area contributed by atoms with Crippen LogP contribution in [0.15, 0.2) is 63.1 Å². The predicted octanol–water partition coefficient (Wildman–Crippen LogP) is 2.68. The minimum atomic E-state index is -3.66. The zero-order valence-corrected chi connectivity index (χ0v) is 16.8. The van der Waals surface area contributed by atoms with E-state index in [0.29, 0.717) is 11.3 Å². The first-order chi connectivity index (χ1) is 13.4. The molecule has 3 rings (SSSR count). The van der Waals surface area contributed by atoms with E-state index in [4.69, 9.17) is 4.42 Å². The van der Waals surface area contributed by atoms with Crippen LogP contribution in [0.2, 0.25) is 0 Å². The molecule has 0 aliphatic rings. The number of sulfonamides is 1. The number of carbonyl (C=O) groups excluding carboxylic acids is 1. The third-order valence-electron chi connectivity index (χ3n) is 3.73. The Labute approximate surface area is 166 Å². The highest BCUT2D eigenvalue weighted by Crippen LogP contribution is 2.25. The molecule has 2 N–H and O–H groups in total. The van der Waals surface area contributed by atoms with Crippen molar-refractivity contribution in [2.24, 2.45) is 0 Å². The molecular weight excluding hydrogens is 400 g/mol. The van der Waals surface area contributed by atoms with Crippen LogP contribution < -0.4 is 10.0 Å². The average Bonchev–Trinajstić information content (AvgIpc) is 3.16. The Morgan fingerprint density at radius 2 is 1.75 bits per heavy atom. The number of aromatic nitrogens is 2. The van der Waals surface area contributed by atoms with Crippen LogP contribution in [0.1, 0.15) is 5.56 Å². The van der Waals surface area contributed by atoms with E-state index in [2.05, 4.69) is 20.2 Å². The van der Waals surface area contributed by atoms with Crippen molar-refractivity contribution in [3.05, 3.63) is 54.1 Å². The van der Waals surface area contributed by atoms with E-state index in [9.17, 15) is 13.2 Å². The summed E-state index contributed by atoms with van der Waals surface area (Å²) < 4.78 is 32.9. The molecule has 0 bridgehead atoms. The van der Waals surface area contributed by atoms with Gasteiger partial charge >= 0.3 is 0 Å². The Hall–Kier alpha value is -2.85. The Kier molecular flexibility index (Phi) is 6.00. The topological polar surface area (TPSA) is 114 Å². The van der Waals surface area contributed by atoms with Gasteiger partial charge in [-0.3, -0.25) is 9.52 Å². The summed E-state index contributed by atoms with van der Waals surface area (Å²) in [5.74, 6) is 0.319. The van der Waals surface area contributed by atoms with Gasteiger partial charge < -0.3 is 9.73 Å². The third kappa shape index (κ3) is 4.90. The van der Waals surface area contributed by atoms with Crippen LogP contribution in [0, 0.1) is 6.92 Å². The van der Waals surface area contributed by atoms with Crippen LogP contribution in [0.25, 0.3) is 11.5 Å². The van der Waals surface area contributed by atoms with Crippen LogP contribution in [-0.4, -0.2) is 37.3 Å². The number of rotatable bonds is 7. The number of amides is 1. The molecule has 1 amide bonds. The van der Waals surface area contributed by atoms with Gasteiger partial charge in [0.1, 0.15) is 0 Å². The fourth-order valence-corrected chi connectivity index (χ4v) is 3.89. The molecule has 0 saturated carbocycles.